The first kappa shape index (κ1) is 22.8. The van der Waals surface area contributed by atoms with Crippen molar-refractivity contribution < 1.29 is 27.4 Å². The minimum atomic E-state index is -4.68. The summed E-state index contributed by atoms with van der Waals surface area (Å²) >= 11 is 0. The molecule has 2 aliphatic rings. The first-order chi connectivity index (χ1) is 14.4. The molecule has 1 aliphatic heterocycles. The van der Waals surface area contributed by atoms with Gasteiger partial charge < -0.3 is 20.5 Å². The number of carbonyl (C=O) groups excluding carboxylic acids is 1. The summed E-state index contributed by atoms with van der Waals surface area (Å²) in [7, 11) is 1.50. The van der Waals surface area contributed by atoms with E-state index in [9.17, 15) is 18.0 Å². The lowest BCUT2D eigenvalue weighted by Crippen LogP contribution is -2.61. The number of nitrogens with zero attached hydrogens (tertiary/aromatic N) is 2. The van der Waals surface area contributed by atoms with Crippen LogP contribution in [0.3, 0.4) is 0 Å². The van der Waals surface area contributed by atoms with E-state index in [1.807, 2.05) is 13.0 Å². The molecule has 1 aromatic rings. The Labute approximate surface area is 178 Å². The third kappa shape index (κ3) is 4.30. The summed E-state index contributed by atoms with van der Waals surface area (Å²) in [6, 6.07) is 3.15. The number of amidine groups is 1. The van der Waals surface area contributed by atoms with Gasteiger partial charge in [0, 0.05) is 5.70 Å². The van der Waals surface area contributed by atoms with Gasteiger partial charge in [0.15, 0.2) is 0 Å². The van der Waals surface area contributed by atoms with Crippen LogP contribution in [0.4, 0.5) is 13.2 Å². The molecule has 3 atom stereocenters. The van der Waals surface area contributed by atoms with Crippen LogP contribution < -0.4 is 15.8 Å². The van der Waals surface area contributed by atoms with Gasteiger partial charge >= 0.3 is 6.18 Å². The van der Waals surface area contributed by atoms with Gasteiger partial charge in [-0.1, -0.05) is 13.0 Å². The number of halogens is 3. The summed E-state index contributed by atoms with van der Waals surface area (Å²) in [5.41, 5.74) is 3.43. The lowest BCUT2D eigenvalue weighted by Gasteiger charge is -2.43. The summed E-state index contributed by atoms with van der Waals surface area (Å²) in [5.74, 6) is -0.544. The van der Waals surface area contributed by atoms with Crippen molar-refractivity contribution in [2.45, 2.75) is 44.5 Å². The summed E-state index contributed by atoms with van der Waals surface area (Å²) < 4.78 is 50.4. The normalized spacial score (nSPS) is 28.9. The highest BCUT2D eigenvalue weighted by atomic mass is 19.4. The number of alkyl halides is 3. The number of nitrogens with two attached hydrogens (primary N) is 1. The third-order valence-corrected chi connectivity index (χ3v) is 5.66. The first-order valence-corrected chi connectivity index (χ1v) is 9.70. The second-order valence-electron chi connectivity index (χ2n) is 8.02. The number of methoxy groups -OCH3 is 1. The van der Waals surface area contributed by atoms with Crippen molar-refractivity contribution in [1.29, 1.82) is 0 Å². The molecule has 0 saturated heterocycles. The zero-order valence-corrected chi connectivity index (χ0v) is 17.7. The van der Waals surface area contributed by atoms with Crippen LogP contribution in [-0.2, 0) is 4.74 Å². The number of aromatic nitrogens is 1. The summed E-state index contributed by atoms with van der Waals surface area (Å²) in [6.07, 6.45) is 0.877. The molecule has 2 heterocycles. The number of aliphatic imine (C=N–C) groups is 1. The van der Waals surface area contributed by atoms with Crippen molar-refractivity contribution >= 4 is 11.7 Å². The maximum atomic E-state index is 13.4. The van der Waals surface area contributed by atoms with E-state index in [0.717, 1.165) is 12.5 Å². The molecule has 0 radical (unpaired) electrons. The molecule has 1 aromatic heterocycles. The van der Waals surface area contributed by atoms with Gasteiger partial charge in [-0.25, -0.2) is 4.98 Å². The highest BCUT2D eigenvalue weighted by Gasteiger charge is 2.59. The van der Waals surface area contributed by atoms with Crippen molar-refractivity contribution in [3.63, 3.8) is 0 Å². The standard InChI is InChI=1S/C21H25F3N4O3/c1-12-5-6-13(27-17(29)16-8-7-14(30-4)10-26-16)9-15(12)19(2)11-31-20(3,18(25)28-19)21(22,23)24/h6-10,12H,5,11H2,1-4H3,(H2,25,28)(H,27,29)/t12?,19-,20+/m0/s1. The van der Waals surface area contributed by atoms with Crippen molar-refractivity contribution in [2.75, 3.05) is 13.7 Å². The molecule has 1 amide bonds. The molecule has 0 saturated carbocycles. The number of nitrogens with one attached hydrogen (secondary N) is 1. The highest BCUT2D eigenvalue weighted by Crippen LogP contribution is 2.42. The molecule has 0 bridgehead atoms. The van der Waals surface area contributed by atoms with E-state index in [1.54, 1.807) is 19.1 Å². The number of carbonyl (C=O) groups is 1. The second-order valence-corrected chi connectivity index (χ2v) is 8.02. The average Bonchev–Trinajstić information content (AvgIpc) is 2.71. The number of ether oxygens (including phenoxy) is 2. The van der Waals surface area contributed by atoms with Crippen molar-refractivity contribution in [2.24, 2.45) is 16.6 Å². The fourth-order valence-electron chi connectivity index (χ4n) is 3.54. The van der Waals surface area contributed by atoms with E-state index in [2.05, 4.69) is 15.3 Å². The van der Waals surface area contributed by atoms with Crippen LogP contribution >= 0.6 is 0 Å². The van der Waals surface area contributed by atoms with Crippen LogP contribution in [0.2, 0.25) is 0 Å². The predicted octanol–water partition coefficient (Wildman–Crippen LogP) is 3.14. The Morgan fingerprint density at radius 1 is 1.35 bits per heavy atom. The number of hydrogen-bond donors (Lipinski definition) is 2. The van der Waals surface area contributed by atoms with Gasteiger partial charge in [0.1, 0.15) is 22.8 Å². The van der Waals surface area contributed by atoms with Crippen LogP contribution in [0.25, 0.3) is 0 Å². The maximum Gasteiger partial charge on any atom is 0.424 e. The summed E-state index contributed by atoms with van der Waals surface area (Å²) in [4.78, 5) is 20.8. The van der Waals surface area contributed by atoms with Crippen LogP contribution in [0, 0.1) is 5.92 Å². The Morgan fingerprint density at radius 2 is 2.06 bits per heavy atom. The topological polar surface area (TPSA) is 98.8 Å². The van der Waals surface area contributed by atoms with Gasteiger partial charge in [0.25, 0.3) is 5.91 Å². The van der Waals surface area contributed by atoms with Crippen molar-refractivity contribution in [3.05, 3.63) is 47.4 Å². The molecule has 10 heteroatoms. The highest BCUT2D eigenvalue weighted by molar-refractivity contribution is 5.94. The van der Waals surface area contributed by atoms with Crippen LogP contribution in [0.15, 0.2) is 46.7 Å². The van der Waals surface area contributed by atoms with Gasteiger partial charge in [-0.2, -0.15) is 13.2 Å². The molecular weight excluding hydrogens is 413 g/mol. The largest absolute Gasteiger partial charge is 0.495 e. The Kier molecular flexibility index (Phi) is 5.88. The molecule has 31 heavy (non-hydrogen) atoms. The molecular formula is C21H25F3N4O3. The zero-order chi connectivity index (χ0) is 23.0. The molecule has 168 valence electrons. The monoisotopic (exact) mass is 438 g/mol. The van der Waals surface area contributed by atoms with Gasteiger partial charge in [-0.3, -0.25) is 9.79 Å². The van der Waals surface area contributed by atoms with Crippen LogP contribution in [-0.4, -0.2) is 47.8 Å². The number of amides is 1. The average molecular weight is 438 g/mol. The minimum absolute atomic E-state index is 0.0276. The fraction of sp³-hybridized carbons (Fsp3) is 0.476. The zero-order valence-electron chi connectivity index (χ0n) is 17.7. The Hall–Kier alpha value is -2.88. The Bertz CT molecular complexity index is 956. The van der Waals surface area contributed by atoms with Gasteiger partial charge in [0.05, 0.1) is 19.9 Å². The lowest BCUT2D eigenvalue weighted by atomic mass is 9.78. The predicted molar refractivity (Wildman–Crippen MR) is 109 cm³/mol. The Morgan fingerprint density at radius 3 is 2.61 bits per heavy atom. The van der Waals surface area contributed by atoms with Crippen LogP contribution in [0.5, 0.6) is 5.75 Å². The molecule has 0 spiro atoms. The Balaban J connectivity index is 1.84. The lowest BCUT2D eigenvalue weighted by molar-refractivity contribution is -0.248. The van der Waals surface area contributed by atoms with Crippen molar-refractivity contribution in [3.8, 4) is 5.75 Å². The fourth-order valence-corrected chi connectivity index (χ4v) is 3.54. The van der Waals surface area contributed by atoms with Gasteiger partial charge in [0.2, 0.25) is 5.60 Å². The van der Waals surface area contributed by atoms with E-state index < -0.39 is 29.1 Å². The second kappa shape index (κ2) is 7.99. The SMILES string of the molecule is COc1ccc(C(=O)NC2=CCC(C)C([C@]3(C)CO[C@@](C)(C(F)(F)F)C(N)=N3)=C2)nc1. The number of rotatable bonds is 4. The van der Waals surface area contributed by atoms with Gasteiger partial charge in [-0.15, -0.1) is 0 Å². The smallest absolute Gasteiger partial charge is 0.424 e. The first-order valence-electron chi connectivity index (χ1n) is 9.70. The van der Waals surface area contributed by atoms with E-state index >= 15 is 0 Å². The van der Waals surface area contributed by atoms with E-state index in [1.165, 1.54) is 19.4 Å². The molecule has 7 nitrogen and oxygen atoms in total. The van der Waals surface area contributed by atoms with E-state index in [-0.39, 0.29) is 18.2 Å². The quantitative estimate of drug-likeness (QED) is 0.753. The maximum absolute atomic E-state index is 13.4. The molecule has 1 aliphatic carbocycles. The van der Waals surface area contributed by atoms with Gasteiger partial charge in [-0.05, 0) is 50.0 Å². The summed E-state index contributed by atoms with van der Waals surface area (Å²) in [6.45, 7) is 4.19. The van der Waals surface area contributed by atoms with E-state index in [4.69, 9.17) is 15.2 Å². The van der Waals surface area contributed by atoms with Crippen molar-refractivity contribution in [1.82, 2.24) is 10.3 Å². The molecule has 3 rings (SSSR count). The van der Waals surface area contributed by atoms with E-state index in [0.29, 0.717) is 17.9 Å². The number of allylic oxidation sites excluding steroid dienone is 2. The number of hydrogen-bond acceptors (Lipinski definition) is 6. The third-order valence-electron chi connectivity index (χ3n) is 5.66. The summed E-state index contributed by atoms with van der Waals surface area (Å²) in [5, 5.41) is 2.77. The molecule has 0 aromatic carbocycles. The van der Waals surface area contributed by atoms with Crippen LogP contribution in [0.1, 0.15) is 37.7 Å². The molecule has 0 fully saturated rings. The molecule has 1 unspecified atom stereocenters. The number of pyridine rings is 1. The molecule has 3 N–H and O–H groups in total. The minimum Gasteiger partial charge on any atom is -0.495 e.